The summed E-state index contributed by atoms with van der Waals surface area (Å²) in [5.74, 6) is 5.70. The molecule has 1 heterocycles. The molecule has 0 aromatic carbocycles. The predicted octanol–water partition coefficient (Wildman–Crippen LogP) is 2.19. The third kappa shape index (κ3) is 10.1. The molecule has 7 heteroatoms. The van der Waals surface area contributed by atoms with Crippen molar-refractivity contribution in [2.45, 2.75) is 58.6 Å². The van der Waals surface area contributed by atoms with Crippen molar-refractivity contribution < 1.29 is 14.6 Å². The highest BCUT2D eigenvalue weighted by atomic mass is 32.1. The highest BCUT2D eigenvalue weighted by molar-refractivity contribution is 7.15. The molecule has 6 nitrogen and oxygen atoms in total. The normalized spacial score (nSPS) is 12.2. The van der Waals surface area contributed by atoms with Crippen LogP contribution in [-0.2, 0) is 0 Å². The molecule has 0 bridgehead atoms. The molecule has 25 heavy (non-hydrogen) atoms. The smallest absolute Gasteiger partial charge is 0.273 e. The third-order valence-electron chi connectivity index (χ3n) is 3.17. The minimum atomic E-state index is -0.633. The Kier molecular flexibility index (Phi) is 9.50. The molecule has 0 saturated carbocycles. The van der Waals surface area contributed by atoms with Gasteiger partial charge in [-0.15, -0.1) is 11.8 Å². The minimum absolute atomic E-state index is 0.0590. The van der Waals surface area contributed by atoms with Gasteiger partial charge in [0, 0.05) is 25.0 Å². The van der Waals surface area contributed by atoms with Gasteiger partial charge in [0.2, 0.25) is 0 Å². The van der Waals surface area contributed by atoms with Crippen molar-refractivity contribution in [3.8, 4) is 17.0 Å². The lowest BCUT2D eigenvalue weighted by atomic mass is 10.1. The third-order valence-corrected chi connectivity index (χ3v) is 4.07. The predicted molar refractivity (Wildman–Crippen MR) is 101 cm³/mol. The van der Waals surface area contributed by atoms with Crippen LogP contribution in [0.4, 0.5) is 0 Å². The summed E-state index contributed by atoms with van der Waals surface area (Å²) in [4.78, 5) is 16.6. The summed E-state index contributed by atoms with van der Waals surface area (Å²) in [6, 6.07) is 0. The molecule has 1 unspecified atom stereocenters. The van der Waals surface area contributed by atoms with Crippen LogP contribution >= 0.6 is 11.3 Å². The Bertz CT molecular complexity index is 584. The van der Waals surface area contributed by atoms with Gasteiger partial charge in [0.25, 0.3) is 11.1 Å². The lowest BCUT2D eigenvalue weighted by molar-refractivity contribution is 0.0957. The lowest BCUT2D eigenvalue weighted by Gasteiger charge is -2.22. The van der Waals surface area contributed by atoms with Crippen LogP contribution in [0.15, 0.2) is 6.20 Å². The number of carbonyl (C=O) groups excluding carboxylic acids is 1. The number of thiazole rings is 1. The molecule has 1 atom stereocenters. The fourth-order valence-corrected chi connectivity index (χ4v) is 2.52. The van der Waals surface area contributed by atoms with Crippen molar-refractivity contribution in [3.05, 3.63) is 11.1 Å². The number of unbranched alkanes of at least 4 members (excludes halogenated alkanes) is 2. The van der Waals surface area contributed by atoms with E-state index in [4.69, 9.17) is 4.74 Å². The zero-order valence-corrected chi connectivity index (χ0v) is 16.3. The van der Waals surface area contributed by atoms with E-state index < -0.39 is 6.10 Å². The molecule has 140 valence electrons. The first-order valence-corrected chi connectivity index (χ1v) is 9.33. The van der Waals surface area contributed by atoms with Gasteiger partial charge in [0.15, 0.2) is 0 Å². The number of amides is 1. The maximum atomic E-state index is 12.0. The van der Waals surface area contributed by atoms with Crippen LogP contribution in [0.2, 0.25) is 0 Å². The van der Waals surface area contributed by atoms with Crippen LogP contribution < -0.4 is 15.4 Å². The standard InChI is InChI=1S/C18H29N3O3S/c1-5-6-7-8-9-10-19-16(23)15-12-20-17(25-15)24-13-14(22)11-21-18(2,3)4/h12,14,21-22H,7-11,13H2,1-4H3,(H,19,23). The topological polar surface area (TPSA) is 83.5 Å². The molecule has 0 fully saturated rings. The van der Waals surface area contributed by atoms with Gasteiger partial charge in [-0.3, -0.25) is 4.79 Å². The number of aliphatic hydroxyl groups is 1. The summed E-state index contributed by atoms with van der Waals surface area (Å²) in [6.45, 7) is 9.11. The summed E-state index contributed by atoms with van der Waals surface area (Å²) < 4.78 is 5.46. The van der Waals surface area contributed by atoms with E-state index in [2.05, 4.69) is 27.5 Å². The SMILES string of the molecule is CC#CCCCCNC(=O)c1cnc(OCC(O)CNC(C)(C)C)s1. The number of carbonyl (C=O) groups is 1. The van der Waals surface area contributed by atoms with Gasteiger partial charge in [-0.2, -0.15) is 0 Å². The number of nitrogens with zero attached hydrogens (tertiary/aromatic N) is 1. The molecule has 0 aliphatic heterocycles. The number of hydrogen-bond acceptors (Lipinski definition) is 6. The summed E-state index contributed by atoms with van der Waals surface area (Å²) in [7, 11) is 0. The summed E-state index contributed by atoms with van der Waals surface area (Å²) in [5.41, 5.74) is -0.0590. The van der Waals surface area contributed by atoms with Gasteiger partial charge in [-0.05, 0) is 40.5 Å². The largest absolute Gasteiger partial charge is 0.467 e. The molecule has 3 N–H and O–H groups in total. The number of aromatic nitrogens is 1. The van der Waals surface area contributed by atoms with Gasteiger partial charge in [0.1, 0.15) is 17.6 Å². The fraction of sp³-hybridized carbons (Fsp3) is 0.667. The Morgan fingerprint density at radius 2 is 2.20 bits per heavy atom. The minimum Gasteiger partial charge on any atom is -0.467 e. The Morgan fingerprint density at radius 1 is 1.44 bits per heavy atom. The molecule has 1 amide bonds. The number of aliphatic hydroxyl groups excluding tert-OH is 1. The van der Waals surface area contributed by atoms with Crippen LogP contribution in [-0.4, -0.2) is 47.3 Å². The van der Waals surface area contributed by atoms with E-state index in [9.17, 15) is 9.90 Å². The average molecular weight is 368 g/mol. The molecule has 0 spiro atoms. The van der Waals surface area contributed by atoms with E-state index in [-0.39, 0.29) is 18.1 Å². The first-order chi connectivity index (χ1) is 11.8. The van der Waals surface area contributed by atoms with Gasteiger partial charge in [0.05, 0.1) is 6.20 Å². The molecule has 1 aromatic heterocycles. The van der Waals surface area contributed by atoms with E-state index in [0.717, 1.165) is 19.3 Å². The van der Waals surface area contributed by atoms with Crippen LogP contribution in [0, 0.1) is 11.8 Å². The lowest BCUT2D eigenvalue weighted by Crippen LogP contribution is -2.42. The van der Waals surface area contributed by atoms with Crippen molar-refractivity contribution >= 4 is 17.2 Å². The van der Waals surface area contributed by atoms with Crippen molar-refractivity contribution in [2.75, 3.05) is 19.7 Å². The molecule has 0 radical (unpaired) electrons. The van der Waals surface area contributed by atoms with Crippen molar-refractivity contribution in [1.29, 1.82) is 0 Å². The fourth-order valence-electron chi connectivity index (χ4n) is 1.83. The van der Waals surface area contributed by atoms with Crippen LogP contribution in [0.5, 0.6) is 5.19 Å². The van der Waals surface area contributed by atoms with Crippen molar-refractivity contribution in [1.82, 2.24) is 15.6 Å². The Morgan fingerprint density at radius 3 is 2.88 bits per heavy atom. The zero-order chi connectivity index (χ0) is 18.7. The average Bonchev–Trinajstić information content (AvgIpc) is 3.02. The quantitative estimate of drug-likeness (QED) is 0.436. The Balaban J connectivity index is 2.28. The first-order valence-electron chi connectivity index (χ1n) is 8.51. The molecular weight excluding hydrogens is 338 g/mol. The van der Waals surface area contributed by atoms with E-state index in [1.165, 1.54) is 17.5 Å². The molecular formula is C18H29N3O3S. The second kappa shape index (κ2) is 11.1. The van der Waals surface area contributed by atoms with E-state index in [1.54, 1.807) is 0 Å². The highest BCUT2D eigenvalue weighted by Gasteiger charge is 2.14. The monoisotopic (exact) mass is 367 g/mol. The van der Waals surface area contributed by atoms with Gasteiger partial charge < -0.3 is 20.5 Å². The molecule has 0 saturated heterocycles. The van der Waals surface area contributed by atoms with E-state index in [0.29, 0.717) is 23.2 Å². The number of rotatable bonds is 10. The van der Waals surface area contributed by atoms with Crippen molar-refractivity contribution in [3.63, 3.8) is 0 Å². The van der Waals surface area contributed by atoms with Crippen LogP contribution in [0.1, 0.15) is 56.6 Å². The number of β-amino-alcohol motifs (C(OH)–C–C–N with tert-alkyl or cyclic N) is 1. The summed E-state index contributed by atoms with van der Waals surface area (Å²) in [5, 5.41) is 16.3. The Hall–Kier alpha value is -1.62. The van der Waals surface area contributed by atoms with Gasteiger partial charge in [-0.1, -0.05) is 11.3 Å². The maximum absolute atomic E-state index is 12.0. The number of nitrogens with one attached hydrogen (secondary N) is 2. The number of ether oxygens (including phenoxy) is 1. The highest BCUT2D eigenvalue weighted by Crippen LogP contribution is 2.20. The second-order valence-electron chi connectivity index (χ2n) is 6.73. The molecule has 0 aliphatic rings. The zero-order valence-electron chi connectivity index (χ0n) is 15.5. The molecule has 0 aliphatic carbocycles. The summed E-state index contributed by atoms with van der Waals surface area (Å²) >= 11 is 1.18. The maximum Gasteiger partial charge on any atom is 0.273 e. The molecule has 1 aromatic rings. The number of hydrogen-bond donors (Lipinski definition) is 3. The van der Waals surface area contributed by atoms with Gasteiger partial charge >= 0.3 is 0 Å². The Labute approximate surface area is 154 Å². The van der Waals surface area contributed by atoms with Crippen LogP contribution in [0.25, 0.3) is 0 Å². The van der Waals surface area contributed by atoms with Crippen molar-refractivity contribution in [2.24, 2.45) is 0 Å². The van der Waals surface area contributed by atoms with E-state index in [1.807, 2.05) is 27.7 Å². The van der Waals surface area contributed by atoms with Crippen LogP contribution in [0.3, 0.4) is 0 Å². The second-order valence-corrected chi connectivity index (χ2v) is 7.72. The summed E-state index contributed by atoms with van der Waals surface area (Å²) in [6.07, 6.45) is 3.59. The van der Waals surface area contributed by atoms with Gasteiger partial charge in [-0.25, -0.2) is 4.98 Å². The van der Waals surface area contributed by atoms with E-state index >= 15 is 0 Å². The first kappa shape index (κ1) is 21.4. The molecule has 1 rings (SSSR count).